The van der Waals surface area contributed by atoms with Crippen LogP contribution in [0.25, 0.3) is 0 Å². The number of aliphatic hydroxyl groups excluding tert-OH is 2. The predicted molar refractivity (Wildman–Crippen MR) is 104 cm³/mol. The number of ether oxygens (including phenoxy) is 3. The number of aliphatic hydroxyl groups is 3. The van der Waals surface area contributed by atoms with Gasteiger partial charge in [-0.25, -0.2) is 4.79 Å². The number of carbonyl (C=O) groups is 2. The van der Waals surface area contributed by atoms with Gasteiger partial charge in [0, 0.05) is 17.8 Å². The summed E-state index contributed by atoms with van der Waals surface area (Å²) in [5, 5.41) is 33.1. The summed E-state index contributed by atoms with van der Waals surface area (Å²) < 4.78 is 16.1. The average molecular weight is 424 g/mol. The lowest BCUT2D eigenvalue weighted by atomic mass is 9.43. The lowest BCUT2D eigenvalue weighted by Gasteiger charge is -2.64. The van der Waals surface area contributed by atoms with Crippen molar-refractivity contribution >= 4 is 11.9 Å². The first-order valence-electron chi connectivity index (χ1n) is 10.7. The lowest BCUT2D eigenvalue weighted by Crippen LogP contribution is -2.69. The second-order valence-corrected chi connectivity index (χ2v) is 9.97. The van der Waals surface area contributed by atoms with Gasteiger partial charge in [-0.05, 0) is 38.0 Å². The first kappa shape index (κ1) is 21.7. The van der Waals surface area contributed by atoms with E-state index in [0.29, 0.717) is 25.9 Å². The van der Waals surface area contributed by atoms with Gasteiger partial charge in [0.15, 0.2) is 0 Å². The van der Waals surface area contributed by atoms with Gasteiger partial charge in [0.2, 0.25) is 0 Å². The van der Waals surface area contributed by atoms with Crippen LogP contribution >= 0.6 is 0 Å². The van der Waals surface area contributed by atoms with E-state index in [9.17, 15) is 24.9 Å². The maximum Gasteiger partial charge on any atom is 0.336 e. The van der Waals surface area contributed by atoms with E-state index in [1.54, 1.807) is 6.08 Å². The summed E-state index contributed by atoms with van der Waals surface area (Å²) in [5.74, 6) is -1.08. The molecular weight excluding hydrogens is 392 g/mol. The molecule has 30 heavy (non-hydrogen) atoms. The van der Waals surface area contributed by atoms with Crippen molar-refractivity contribution in [1.82, 2.24) is 0 Å². The Morgan fingerprint density at radius 3 is 2.53 bits per heavy atom. The van der Waals surface area contributed by atoms with Crippen molar-refractivity contribution in [1.29, 1.82) is 0 Å². The lowest BCUT2D eigenvalue weighted by molar-refractivity contribution is -0.246. The summed E-state index contributed by atoms with van der Waals surface area (Å²) in [6.45, 7) is 5.73. The Hall–Kier alpha value is -1.48. The van der Waals surface area contributed by atoms with Crippen LogP contribution in [0.1, 0.15) is 52.9 Å². The number of cyclic esters (lactones) is 1. The first-order chi connectivity index (χ1) is 14.0. The molecule has 4 rings (SSSR count). The van der Waals surface area contributed by atoms with E-state index in [-0.39, 0.29) is 31.1 Å². The van der Waals surface area contributed by atoms with Crippen LogP contribution in [0.2, 0.25) is 0 Å². The van der Waals surface area contributed by atoms with Crippen LogP contribution in [-0.4, -0.2) is 70.5 Å². The van der Waals surface area contributed by atoms with Crippen LogP contribution < -0.4 is 0 Å². The van der Waals surface area contributed by atoms with Gasteiger partial charge < -0.3 is 29.5 Å². The van der Waals surface area contributed by atoms with Gasteiger partial charge in [-0.1, -0.05) is 19.9 Å². The third-order valence-electron chi connectivity index (χ3n) is 8.46. The zero-order valence-corrected chi connectivity index (χ0v) is 17.8. The molecule has 2 heterocycles. The summed E-state index contributed by atoms with van der Waals surface area (Å²) >= 11 is 0. The molecule has 1 spiro atoms. The maximum atomic E-state index is 12.2. The van der Waals surface area contributed by atoms with Gasteiger partial charge in [-0.2, -0.15) is 0 Å². The highest BCUT2D eigenvalue weighted by molar-refractivity contribution is 5.91. The quantitative estimate of drug-likeness (QED) is 0.345. The Kier molecular flexibility index (Phi) is 5.09. The predicted octanol–water partition coefficient (Wildman–Crippen LogP) is 0.861. The third-order valence-corrected chi connectivity index (χ3v) is 8.46. The molecule has 8 nitrogen and oxygen atoms in total. The Morgan fingerprint density at radius 2 is 1.97 bits per heavy atom. The molecule has 0 radical (unpaired) electrons. The minimum Gasteiger partial charge on any atom is -0.465 e. The molecule has 3 N–H and O–H groups in total. The molecule has 0 aromatic rings. The molecule has 0 aromatic carbocycles. The molecule has 8 heteroatoms. The molecule has 168 valence electrons. The van der Waals surface area contributed by atoms with Crippen LogP contribution in [0.15, 0.2) is 11.6 Å². The van der Waals surface area contributed by atoms with Gasteiger partial charge in [-0.3, -0.25) is 4.79 Å². The van der Waals surface area contributed by atoms with E-state index in [2.05, 4.69) is 0 Å². The molecular formula is C22H32O8. The fourth-order valence-electron chi connectivity index (χ4n) is 6.43. The average Bonchev–Trinajstić information content (AvgIpc) is 3.41. The minimum atomic E-state index is -1.30. The van der Waals surface area contributed by atoms with Crippen molar-refractivity contribution in [3.8, 4) is 0 Å². The zero-order chi connectivity index (χ0) is 21.9. The SMILES string of the molecule is CC(=O)OCC1(C)C(O)CCC2(C)C1CCC1(CO1)C2(O)CC=C1C(=O)OCC1O. The zero-order valence-electron chi connectivity index (χ0n) is 17.8. The molecule has 7 unspecified atom stereocenters. The standard InChI is InChI=1S/C22H32O8/c1-13(23)29-11-19(2)16-5-8-21(12-30-21)22(27,20(16,3)7-6-17(19)25)9-4-14-15(24)10-28-18(14)26/h4,15-17,24-25,27H,5-12H2,1-3H3. The highest BCUT2D eigenvalue weighted by Crippen LogP contribution is 2.68. The van der Waals surface area contributed by atoms with Crippen molar-refractivity contribution in [3.05, 3.63) is 11.6 Å². The first-order valence-corrected chi connectivity index (χ1v) is 10.7. The van der Waals surface area contributed by atoms with Gasteiger partial charge in [0.05, 0.1) is 24.9 Å². The van der Waals surface area contributed by atoms with Crippen molar-refractivity contribution in [2.75, 3.05) is 19.8 Å². The Balaban J connectivity index is 1.70. The number of hydrogen-bond donors (Lipinski definition) is 3. The molecule has 7 atom stereocenters. The highest BCUT2D eigenvalue weighted by Gasteiger charge is 2.74. The van der Waals surface area contributed by atoms with Gasteiger partial charge >= 0.3 is 11.9 Å². The molecule has 4 aliphatic rings. The second kappa shape index (κ2) is 7.02. The molecule has 0 bridgehead atoms. The molecule has 2 saturated heterocycles. The molecule has 2 aliphatic heterocycles. The van der Waals surface area contributed by atoms with Gasteiger partial charge in [-0.15, -0.1) is 0 Å². The van der Waals surface area contributed by atoms with E-state index in [1.807, 2.05) is 13.8 Å². The van der Waals surface area contributed by atoms with E-state index in [4.69, 9.17) is 14.2 Å². The van der Waals surface area contributed by atoms with Crippen molar-refractivity contribution in [2.45, 2.75) is 76.3 Å². The summed E-state index contributed by atoms with van der Waals surface area (Å²) in [7, 11) is 0. The van der Waals surface area contributed by atoms with Crippen LogP contribution in [-0.2, 0) is 23.8 Å². The van der Waals surface area contributed by atoms with E-state index < -0.39 is 46.2 Å². The van der Waals surface area contributed by atoms with E-state index in [1.165, 1.54) is 6.92 Å². The normalized spacial score (nSPS) is 49.1. The van der Waals surface area contributed by atoms with E-state index >= 15 is 0 Å². The van der Waals surface area contributed by atoms with Crippen LogP contribution in [0.3, 0.4) is 0 Å². The Bertz CT molecular complexity index is 773. The van der Waals surface area contributed by atoms with Crippen molar-refractivity contribution in [2.24, 2.45) is 16.7 Å². The van der Waals surface area contributed by atoms with Gasteiger partial charge in [0.1, 0.15) is 23.9 Å². The Morgan fingerprint density at radius 1 is 1.27 bits per heavy atom. The fourth-order valence-corrected chi connectivity index (χ4v) is 6.43. The summed E-state index contributed by atoms with van der Waals surface area (Å²) in [5.41, 5.74) is -3.17. The summed E-state index contributed by atoms with van der Waals surface area (Å²) in [6.07, 6.45) is 2.46. The maximum absolute atomic E-state index is 12.2. The Labute approximate surface area is 176 Å². The number of fused-ring (bicyclic) bond motifs is 1. The largest absolute Gasteiger partial charge is 0.465 e. The van der Waals surface area contributed by atoms with Crippen LogP contribution in [0, 0.1) is 16.7 Å². The third kappa shape index (κ3) is 2.95. The minimum absolute atomic E-state index is 0.0721. The number of carbonyl (C=O) groups excluding carboxylic acids is 2. The van der Waals surface area contributed by atoms with Crippen molar-refractivity contribution < 1.29 is 39.1 Å². The molecule has 4 fully saturated rings. The fraction of sp³-hybridized carbons (Fsp3) is 0.818. The van der Waals surface area contributed by atoms with Crippen LogP contribution in [0.4, 0.5) is 0 Å². The number of rotatable bonds is 4. The molecule has 0 amide bonds. The van der Waals surface area contributed by atoms with E-state index in [0.717, 1.165) is 6.42 Å². The number of epoxide rings is 1. The molecule has 0 aromatic heterocycles. The van der Waals surface area contributed by atoms with Crippen molar-refractivity contribution in [3.63, 3.8) is 0 Å². The van der Waals surface area contributed by atoms with Gasteiger partial charge in [0.25, 0.3) is 0 Å². The molecule has 2 aliphatic carbocycles. The summed E-state index contributed by atoms with van der Waals surface area (Å²) in [4.78, 5) is 23.4. The van der Waals surface area contributed by atoms with Crippen LogP contribution in [0.5, 0.6) is 0 Å². The second-order valence-electron chi connectivity index (χ2n) is 9.97. The molecule has 2 saturated carbocycles. The number of hydrogen-bond acceptors (Lipinski definition) is 8. The summed E-state index contributed by atoms with van der Waals surface area (Å²) in [6, 6.07) is 0. The highest BCUT2D eigenvalue weighted by atomic mass is 16.6. The topological polar surface area (TPSA) is 126 Å². The smallest absolute Gasteiger partial charge is 0.336 e. The number of esters is 2. The monoisotopic (exact) mass is 424 g/mol.